The van der Waals surface area contributed by atoms with Crippen LogP contribution in [-0.4, -0.2) is 43.1 Å². The quantitative estimate of drug-likeness (QED) is 0.722. The Bertz CT molecular complexity index is 674. The predicted molar refractivity (Wildman–Crippen MR) is 97.5 cm³/mol. The van der Waals surface area contributed by atoms with E-state index >= 15 is 0 Å². The largest absolute Gasteiger partial charge is 0.358 e. The van der Waals surface area contributed by atoms with Crippen molar-refractivity contribution in [3.8, 4) is 0 Å². The molecule has 1 aliphatic heterocycles. The molecule has 2 aromatic rings. The molecule has 6 heteroatoms. The number of carbonyl (C=O) groups excluding carboxylic acids is 1. The number of rotatable bonds is 7. The van der Waals surface area contributed by atoms with Crippen LogP contribution in [0.1, 0.15) is 26.0 Å². The Morgan fingerprint density at radius 3 is 2.80 bits per heavy atom. The van der Waals surface area contributed by atoms with E-state index in [9.17, 15) is 4.79 Å². The van der Waals surface area contributed by atoms with Gasteiger partial charge in [0.25, 0.3) is 0 Å². The zero-order valence-corrected chi connectivity index (χ0v) is 14.9. The molecule has 0 radical (unpaired) electrons. The summed E-state index contributed by atoms with van der Waals surface area (Å²) in [6.45, 7) is 6.52. The van der Waals surface area contributed by atoms with Crippen LogP contribution in [0.3, 0.4) is 0 Å². The molecule has 136 valence electrons. The summed E-state index contributed by atoms with van der Waals surface area (Å²) in [7, 11) is 0. The van der Waals surface area contributed by atoms with Crippen molar-refractivity contribution in [2.45, 2.75) is 32.5 Å². The zero-order chi connectivity index (χ0) is 17.7. The molecule has 1 aromatic carbocycles. The number of para-hydroxylation sites is 1. The third kappa shape index (κ3) is 4.96. The van der Waals surface area contributed by atoms with Gasteiger partial charge in [0, 0.05) is 37.1 Å². The lowest BCUT2D eigenvalue weighted by Crippen LogP contribution is -2.40. The molecule has 2 heterocycles. The van der Waals surface area contributed by atoms with Gasteiger partial charge in [-0.1, -0.05) is 25.1 Å². The standard InChI is InChI=1S/C19H27N3O3/c1-14(12-19(2)24-9-10-25-19)13-21-18(23)20-8-7-16-11-15-5-3-4-6-17(15)22-16/h3-6,11,14,22H,7-10,12-13H2,1-2H3,(H2,20,21,23)/t14-/m0/s1. The first-order chi connectivity index (χ1) is 12.0. The molecule has 6 nitrogen and oxygen atoms in total. The molecule has 1 aromatic heterocycles. The molecule has 3 N–H and O–H groups in total. The topological polar surface area (TPSA) is 75.4 Å². The average Bonchev–Trinajstić information content (AvgIpc) is 3.18. The van der Waals surface area contributed by atoms with Crippen molar-refractivity contribution in [3.05, 3.63) is 36.0 Å². The summed E-state index contributed by atoms with van der Waals surface area (Å²) in [5, 5.41) is 7.01. The van der Waals surface area contributed by atoms with Crippen molar-refractivity contribution in [3.63, 3.8) is 0 Å². The summed E-state index contributed by atoms with van der Waals surface area (Å²) in [5.74, 6) is -0.227. The maximum atomic E-state index is 11.9. The van der Waals surface area contributed by atoms with Crippen LogP contribution in [0.25, 0.3) is 10.9 Å². The van der Waals surface area contributed by atoms with E-state index in [1.165, 1.54) is 5.39 Å². The summed E-state index contributed by atoms with van der Waals surface area (Å²) in [4.78, 5) is 15.3. The lowest BCUT2D eigenvalue weighted by atomic mass is 10.0. The van der Waals surface area contributed by atoms with E-state index in [1.54, 1.807) is 0 Å². The van der Waals surface area contributed by atoms with Crippen LogP contribution in [0.2, 0.25) is 0 Å². The Hall–Kier alpha value is -2.05. The number of aromatic amines is 1. The minimum atomic E-state index is -0.507. The number of hydrogen-bond acceptors (Lipinski definition) is 3. The van der Waals surface area contributed by atoms with E-state index in [1.807, 2.05) is 19.1 Å². The smallest absolute Gasteiger partial charge is 0.314 e. The van der Waals surface area contributed by atoms with Crippen LogP contribution in [0, 0.1) is 5.92 Å². The highest BCUT2D eigenvalue weighted by Crippen LogP contribution is 2.26. The second-order valence-electron chi connectivity index (χ2n) is 6.91. The Labute approximate surface area is 148 Å². The molecule has 0 unspecified atom stereocenters. The van der Waals surface area contributed by atoms with E-state index in [0.717, 1.165) is 24.1 Å². The third-order valence-electron chi connectivity index (χ3n) is 4.49. The van der Waals surface area contributed by atoms with Gasteiger partial charge in [-0.25, -0.2) is 4.79 Å². The van der Waals surface area contributed by atoms with Gasteiger partial charge in [0.1, 0.15) is 0 Å². The first kappa shape index (κ1) is 17.8. The van der Waals surface area contributed by atoms with Gasteiger partial charge in [0.15, 0.2) is 5.79 Å². The molecule has 1 aliphatic rings. The molecule has 0 aliphatic carbocycles. The predicted octanol–water partition coefficient (Wildman–Crippen LogP) is 2.80. The summed E-state index contributed by atoms with van der Waals surface area (Å²) in [5.41, 5.74) is 2.25. The van der Waals surface area contributed by atoms with Gasteiger partial charge in [-0.15, -0.1) is 0 Å². The van der Waals surface area contributed by atoms with Crippen molar-refractivity contribution in [2.24, 2.45) is 5.92 Å². The maximum absolute atomic E-state index is 11.9. The lowest BCUT2D eigenvalue weighted by molar-refractivity contribution is -0.153. The molecule has 3 rings (SSSR count). The molecule has 0 saturated carbocycles. The number of amides is 2. The van der Waals surface area contributed by atoms with Crippen molar-refractivity contribution >= 4 is 16.9 Å². The first-order valence-corrected chi connectivity index (χ1v) is 8.90. The zero-order valence-electron chi connectivity index (χ0n) is 14.9. The Balaban J connectivity index is 1.35. The van der Waals surface area contributed by atoms with Crippen LogP contribution in [0.15, 0.2) is 30.3 Å². The normalized spacial score (nSPS) is 17.5. The van der Waals surface area contributed by atoms with Crippen LogP contribution in [0.4, 0.5) is 4.79 Å². The number of benzene rings is 1. The number of aromatic nitrogens is 1. The molecular formula is C19H27N3O3. The number of fused-ring (bicyclic) bond motifs is 1. The van der Waals surface area contributed by atoms with Crippen LogP contribution in [0.5, 0.6) is 0 Å². The minimum absolute atomic E-state index is 0.138. The first-order valence-electron chi connectivity index (χ1n) is 8.90. The maximum Gasteiger partial charge on any atom is 0.314 e. The number of urea groups is 1. The fraction of sp³-hybridized carbons (Fsp3) is 0.526. The molecule has 0 spiro atoms. The van der Waals surface area contributed by atoms with E-state index in [0.29, 0.717) is 26.3 Å². The monoisotopic (exact) mass is 345 g/mol. The van der Waals surface area contributed by atoms with Gasteiger partial charge >= 0.3 is 6.03 Å². The Morgan fingerprint density at radius 2 is 2.04 bits per heavy atom. The Morgan fingerprint density at radius 1 is 1.28 bits per heavy atom. The van der Waals surface area contributed by atoms with Gasteiger partial charge < -0.3 is 25.1 Å². The second-order valence-corrected chi connectivity index (χ2v) is 6.91. The van der Waals surface area contributed by atoms with E-state index in [2.05, 4.69) is 40.7 Å². The number of nitrogens with one attached hydrogen (secondary N) is 3. The highest BCUT2D eigenvalue weighted by Gasteiger charge is 2.32. The van der Waals surface area contributed by atoms with Gasteiger partial charge in [0.05, 0.1) is 13.2 Å². The SMILES string of the molecule is C[C@H](CNC(=O)NCCc1cc2ccccc2[nH]1)CC1(C)OCCO1. The van der Waals surface area contributed by atoms with Gasteiger partial charge in [0.2, 0.25) is 0 Å². The summed E-state index contributed by atoms with van der Waals surface area (Å²) in [6.07, 6.45) is 1.54. The minimum Gasteiger partial charge on any atom is -0.358 e. The highest BCUT2D eigenvalue weighted by atomic mass is 16.7. The Kier molecular flexibility index (Phi) is 5.60. The third-order valence-corrected chi connectivity index (χ3v) is 4.49. The number of carbonyl (C=O) groups is 1. The number of ether oxygens (including phenoxy) is 2. The van der Waals surface area contributed by atoms with Crippen molar-refractivity contribution in [1.82, 2.24) is 15.6 Å². The van der Waals surface area contributed by atoms with E-state index < -0.39 is 5.79 Å². The molecule has 1 saturated heterocycles. The van der Waals surface area contributed by atoms with Crippen LogP contribution >= 0.6 is 0 Å². The van der Waals surface area contributed by atoms with Crippen LogP contribution in [-0.2, 0) is 15.9 Å². The highest BCUT2D eigenvalue weighted by molar-refractivity contribution is 5.80. The molecule has 25 heavy (non-hydrogen) atoms. The fourth-order valence-corrected chi connectivity index (χ4v) is 3.29. The number of H-pyrrole nitrogens is 1. The summed E-state index contributed by atoms with van der Waals surface area (Å²) < 4.78 is 11.2. The van der Waals surface area contributed by atoms with Crippen LogP contribution < -0.4 is 10.6 Å². The van der Waals surface area contributed by atoms with Gasteiger partial charge in [-0.2, -0.15) is 0 Å². The van der Waals surface area contributed by atoms with E-state index in [-0.39, 0.29) is 11.9 Å². The van der Waals surface area contributed by atoms with E-state index in [4.69, 9.17) is 9.47 Å². The lowest BCUT2D eigenvalue weighted by Gasteiger charge is -2.26. The summed E-state index contributed by atoms with van der Waals surface area (Å²) >= 11 is 0. The second kappa shape index (κ2) is 7.89. The van der Waals surface area contributed by atoms with Crippen molar-refractivity contribution in [2.75, 3.05) is 26.3 Å². The molecule has 2 amide bonds. The molecule has 0 bridgehead atoms. The summed E-state index contributed by atoms with van der Waals surface area (Å²) in [6, 6.07) is 10.2. The number of hydrogen-bond donors (Lipinski definition) is 3. The van der Waals surface area contributed by atoms with Gasteiger partial charge in [-0.05, 0) is 30.4 Å². The molecular weight excluding hydrogens is 318 g/mol. The molecule has 1 fully saturated rings. The molecule has 1 atom stereocenters. The fourth-order valence-electron chi connectivity index (χ4n) is 3.29. The van der Waals surface area contributed by atoms with Gasteiger partial charge in [-0.3, -0.25) is 0 Å². The van der Waals surface area contributed by atoms with Crippen molar-refractivity contribution < 1.29 is 14.3 Å². The van der Waals surface area contributed by atoms with Crippen molar-refractivity contribution in [1.29, 1.82) is 0 Å². The average molecular weight is 345 g/mol.